The molecular weight excluding hydrogens is 228 g/mol. The molecule has 3 N–H and O–H groups in total. The van der Waals surface area contributed by atoms with Crippen LogP contribution in [0.3, 0.4) is 0 Å². The van der Waals surface area contributed by atoms with E-state index in [0.29, 0.717) is 17.7 Å². The van der Waals surface area contributed by atoms with Gasteiger partial charge in [0.2, 0.25) is 5.91 Å². The normalized spacial score (nSPS) is 9.78. The average molecular weight is 246 g/mol. The molecule has 0 aliphatic carbocycles. The maximum Gasteiger partial charge on any atom is 0.250 e. The molecule has 0 spiro atoms. The summed E-state index contributed by atoms with van der Waals surface area (Å²) < 4.78 is 0. The Kier molecular flexibility index (Phi) is 5.64. The van der Waals surface area contributed by atoms with Crippen LogP contribution in [0.25, 0.3) is 0 Å². The van der Waals surface area contributed by atoms with Gasteiger partial charge in [-0.15, -0.1) is 6.58 Å². The average Bonchev–Trinajstić information content (AvgIpc) is 2.35. The van der Waals surface area contributed by atoms with Crippen molar-refractivity contribution in [2.24, 2.45) is 5.73 Å². The number of anilines is 1. The lowest BCUT2D eigenvalue weighted by Crippen LogP contribution is -2.17. The highest BCUT2D eigenvalue weighted by molar-refractivity contribution is 6.02. The number of hydrogen-bond acceptors (Lipinski definition) is 2. The number of unbranched alkanes of at least 4 members (excludes halogenated alkanes) is 2. The highest BCUT2D eigenvalue weighted by Crippen LogP contribution is 2.15. The largest absolute Gasteiger partial charge is 0.366 e. The zero-order valence-electron chi connectivity index (χ0n) is 10.3. The lowest BCUT2D eigenvalue weighted by molar-refractivity contribution is -0.116. The zero-order chi connectivity index (χ0) is 13.4. The van der Waals surface area contributed by atoms with Crippen molar-refractivity contribution in [1.29, 1.82) is 0 Å². The molecule has 0 aliphatic heterocycles. The second-order valence-electron chi connectivity index (χ2n) is 3.99. The van der Waals surface area contributed by atoms with Crippen molar-refractivity contribution in [2.75, 3.05) is 5.32 Å². The number of allylic oxidation sites excluding steroid dienone is 1. The van der Waals surface area contributed by atoms with Crippen LogP contribution in [0.2, 0.25) is 0 Å². The van der Waals surface area contributed by atoms with Gasteiger partial charge in [-0.25, -0.2) is 0 Å². The Morgan fingerprint density at radius 2 is 2.00 bits per heavy atom. The first-order valence-electron chi connectivity index (χ1n) is 5.94. The number of nitrogens with two attached hydrogens (primary N) is 1. The van der Waals surface area contributed by atoms with Crippen molar-refractivity contribution in [1.82, 2.24) is 0 Å². The van der Waals surface area contributed by atoms with Gasteiger partial charge in [0.1, 0.15) is 0 Å². The van der Waals surface area contributed by atoms with Crippen LogP contribution in [0.4, 0.5) is 5.69 Å². The third-order valence-electron chi connectivity index (χ3n) is 2.53. The van der Waals surface area contributed by atoms with E-state index in [1.165, 1.54) is 0 Å². The van der Waals surface area contributed by atoms with E-state index < -0.39 is 5.91 Å². The van der Waals surface area contributed by atoms with Crippen LogP contribution in [0.1, 0.15) is 36.0 Å². The molecule has 0 atom stereocenters. The molecule has 0 radical (unpaired) electrons. The van der Waals surface area contributed by atoms with Crippen molar-refractivity contribution in [3.05, 3.63) is 42.5 Å². The molecule has 4 heteroatoms. The van der Waals surface area contributed by atoms with Crippen LogP contribution in [-0.2, 0) is 4.79 Å². The Balaban J connectivity index is 2.54. The van der Waals surface area contributed by atoms with Gasteiger partial charge >= 0.3 is 0 Å². The molecule has 0 heterocycles. The smallest absolute Gasteiger partial charge is 0.250 e. The third kappa shape index (κ3) is 4.41. The first kappa shape index (κ1) is 14.0. The summed E-state index contributed by atoms with van der Waals surface area (Å²) in [6.07, 6.45) is 4.91. The molecular formula is C14H18N2O2. The molecule has 1 aromatic carbocycles. The predicted molar refractivity (Wildman–Crippen MR) is 72.3 cm³/mol. The lowest BCUT2D eigenvalue weighted by Gasteiger charge is -2.08. The van der Waals surface area contributed by atoms with Gasteiger partial charge in [-0.3, -0.25) is 9.59 Å². The monoisotopic (exact) mass is 246 g/mol. The van der Waals surface area contributed by atoms with Gasteiger partial charge in [-0.05, 0) is 31.4 Å². The number of rotatable bonds is 7. The molecule has 18 heavy (non-hydrogen) atoms. The zero-order valence-corrected chi connectivity index (χ0v) is 10.3. The number of nitrogens with one attached hydrogen (secondary N) is 1. The summed E-state index contributed by atoms with van der Waals surface area (Å²) in [6, 6.07) is 6.72. The molecule has 4 nitrogen and oxygen atoms in total. The van der Waals surface area contributed by atoms with Crippen LogP contribution in [0, 0.1) is 0 Å². The maximum absolute atomic E-state index is 11.7. The summed E-state index contributed by atoms with van der Waals surface area (Å²) in [4.78, 5) is 22.8. The predicted octanol–water partition coefficient (Wildman–Crippen LogP) is 2.47. The number of amides is 2. The van der Waals surface area contributed by atoms with Gasteiger partial charge in [-0.1, -0.05) is 18.2 Å². The quantitative estimate of drug-likeness (QED) is 0.573. The van der Waals surface area contributed by atoms with E-state index in [0.717, 1.165) is 19.3 Å². The molecule has 2 amide bonds. The van der Waals surface area contributed by atoms with E-state index in [4.69, 9.17) is 5.73 Å². The van der Waals surface area contributed by atoms with Crippen molar-refractivity contribution in [3.63, 3.8) is 0 Å². The number of primary amides is 1. The van der Waals surface area contributed by atoms with Crippen molar-refractivity contribution in [3.8, 4) is 0 Å². The minimum Gasteiger partial charge on any atom is -0.366 e. The van der Waals surface area contributed by atoms with Gasteiger partial charge in [0.05, 0.1) is 11.3 Å². The van der Waals surface area contributed by atoms with Crippen LogP contribution in [0.15, 0.2) is 36.9 Å². The number of carbonyl (C=O) groups excluding carboxylic acids is 2. The summed E-state index contributed by atoms with van der Waals surface area (Å²) in [7, 11) is 0. The first-order chi connectivity index (χ1) is 8.65. The van der Waals surface area contributed by atoms with Gasteiger partial charge < -0.3 is 11.1 Å². The summed E-state index contributed by atoms with van der Waals surface area (Å²) in [5.74, 6) is -0.648. The molecule has 96 valence electrons. The van der Waals surface area contributed by atoms with Crippen LogP contribution in [-0.4, -0.2) is 11.8 Å². The Labute approximate surface area is 107 Å². The summed E-state index contributed by atoms with van der Waals surface area (Å²) in [5.41, 5.74) is 6.03. The Bertz CT molecular complexity index is 441. The minimum atomic E-state index is -0.544. The fourth-order valence-corrected chi connectivity index (χ4v) is 1.59. The molecule has 0 aliphatic rings. The second-order valence-corrected chi connectivity index (χ2v) is 3.99. The Morgan fingerprint density at radius 1 is 1.28 bits per heavy atom. The number of hydrogen-bond donors (Lipinski definition) is 2. The summed E-state index contributed by atoms with van der Waals surface area (Å²) >= 11 is 0. The molecule has 1 aromatic rings. The summed E-state index contributed by atoms with van der Waals surface area (Å²) in [5, 5.41) is 2.70. The topological polar surface area (TPSA) is 72.2 Å². The number of para-hydroxylation sites is 1. The fourth-order valence-electron chi connectivity index (χ4n) is 1.59. The van der Waals surface area contributed by atoms with Gasteiger partial charge in [0.25, 0.3) is 5.91 Å². The highest BCUT2D eigenvalue weighted by Gasteiger charge is 2.09. The lowest BCUT2D eigenvalue weighted by atomic mass is 10.1. The van der Waals surface area contributed by atoms with E-state index in [2.05, 4.69) is 11.9 Å². The standard InChI is InChI=1S/C14H18N2O2/c1-2-3-4-5-10-13(17)16-12-9-7-6-8-11(12)14(15)18/h2,6-9H,1,3-5,10H2,(H2,15,18)(H,16,17). The molecule has 0 saturated heterocycles. The minimum absolute atomic E-state index is 0.104. The van der Waals surface area contributed by atoms with Crippen LogP contribution >= 0.6 is 0 Å². The van der Waals surface area contributed by atoms with E-state index >= 15 is 0 Å². The SMILES string of the molecule is C=CCCCCC(=O)Nc1ccccc1C(N)=O. The van der Waals surface area contributed by atoms with Crippen LogP contribution in [0.5, 0.6) is 0 Å². The van der Waals surface area contributed by atoms with Gasteiger partial charge in [0, 0.05) is 6.42 Å². The third-order valence-corrected chi connectivity index (χ3v) is 2.53. The van der Waals surface area contributed by atoms with E-state index in [1.54, 1.807) is 24.3 Å². The fraction of sp³-hybridized carbons (Fsp3) is 0.286. The molecule has 0 fully saturated rings. The van der Waals surface area contributed by atoms with Gasteiger partial charge in [-0.2, -0.15) is 0 Å². The van der Waals surface area contributed by atoms with E-state index in [9.17, 15) is 9.59 Å². The van der Waals surface area contributed by atoms with Crippen LogP contribution < -0.4 is 11.1 Å². The van der Waals surface area contributed by atoms with Crippen molar-refractivity contribution in [2.45, 2.75) is 25.7 Å². The molecule has 0 saturated carbocycles. The maximum atomic E-state index is 11.7. The molecule has 0 unspecified atom stereocenters. The molecule has 1 rings (SSSR count). The van der Waals surface area contributed by atoms with Crippen molar-refractivity contribution < 1.29 is 9.59 Å². The Hall–Kier alpha value is -2.10. The molecule has 0 bridgehead atoms. The van der Waals surface area contributed by atoms with Crippen molar-refractivity contribution >= 4 is 17.5 Å². The Morgan fingerprint density at radius 3 is 2.67 bits per heavy atom. The highest BCUT2D eigenvalue weighted by atomic mass is 16.2. The number of benzene rings is 1. The number of carbonyl (C=O) groups is 2. The summed E-state index contributed by atoms with van der Waals surface area (Å²) in [6.45, 7) is 3.62. The van der Waals surface area contributed by atoms with Gasteiger partial charge in [0.15, 0.2) is 0 Å². The second kappa shape index (κ2) is 7.27. The van der Waals surface area contributed by atoms with E-state index in [-0.39, 0.29) is 5.91 Å². The van der Waals surface area contributed by atoms with E-state index in [1.807, 2.05) is 6.08 Å². The first-order valence-corrected chi connectivity index (χ1v) is 5.94. The molecule has 0 aromatic heterocycles.